The highest BCUT2D eigenvalue weighted by molar-refractivity contribution is 6.03. The van der Waals surface area contributed by atoms with Gasteiger partial charge in [0, 0.05) is 12.8 Å². The lowest BCUT2D eigenvalue weighted by Crippen LogP contribution is -2.43. The molecule has 0 fully saturated rings. The van der Waals surface area contributed by atoms with Crippen LogP contribution in [0.4, 0.5) is 0 Å². The maximum Gasteiger partial charge on any atom is 0.272 e. The number of Topliss-reactive ketones (excluding diaryl/α,β-unsaturated/α-hetero) is 1. The van der Waals surface area contributed by atoms with Crippen molar-refractivity contribution < 1.29 is 19.6 Å². The van der Waals surface area contributed by atoms with Gasteiger partial charge in [-0.1, -0.05) is 19.8 Å². The van der Waals surface area contributed by atoms with Gasteiger partial charge in [-0.15, -0.1) is 0 Å². The summed E-state index contributed by atoms with van der Waals surface area (Å²) >= 11 is 0. The molecule has 1 unspecified atom stereocenters. The first-order valence-corrected chi connectivity index (χ1v) is 5.48. The Morgan fingerprint density at radius 2 is 1.88 bits per heavy atom. The number of hydrogen-bond acceptors (Lipinski definition) is 5. The molecule has 0 aromatic carbocycles. The average Bonchev–Trinajstić information content (AvgIpc) is 2.24. The summed E-state index contributed by atoms with van der Waals surface area (Å²) in [5.74, 6) is 1.35. The number of carbonyl (C=O) groups excluding carboxylic acids is 3. The van der Waals surface area contributed by atoms with Crippen LogP contribution in [0, 0.1) is 5.92 Å². The minimum Gasteiger partial charge on any atom is -0.370 e. The van der Waals surface area contributed by atoms with Gasteiger partial charge in [0.15, 0.2) is 0 Å². The number of hydrogen-bond donors (Lipinski definition) is 3. The Labute approximate surface area is 99.7 Å². The van der Waals surface area contributed by atoms with Crippen molar-refractivity contribution in [3.05, 3.63) is 0 Å². The third-order valence-corrected chi connectivity index (χ3v) is 2.34. The van der Waals surface area contributed by atoms with Crippen LogP contribution in [0.25, 0.3) is 0 Å². The van der Waals surface area contributed by atoms with E-state index in [1.54, 1.807) is 0 Å². The van der Waals surface area contributed by atoms with E-state index >= 15 is 0 Å². The van der Waals surface area contributed by atoms with Gasteiger partial charge >= 0.3 is 0 Å². The first kappa shape index (κ1) is 15.5. The zero-order chi connectivity index (χ0) is 13.4. The molecule has 0 rings (SSSR count). The molecule has 98 valence electrons. The quantitative estimate of drug-likeness (QED) is 0.135. The van der Waals surface area contributed by atoms with Gasteiger partial charge in [-0.05, 0) is 6.42 Å². The van der Waals surface area contributed by atoms with E-state index in [4.69, 9.17) is 16.8 Å². The minimum atomic E-state index is -1.28. The first-order chi connectivity index (χ1) is 7.90. The summed E-state index contributed by atoms with van der Waals surface area (Å²) in [6.07, 6.45) is 2.16. The van der Waals surface area contributed by atoms with Gasteiger partial charge in [-0.3, -0.25) is 19.6 Å². The van der Waals surface area contributed by atoms with Crippen LogP contribution in [0.5, 0.6) is 0 Å². The van der Waals surface area contributed by atoms with Crippen molar-refractivity contribution in [2.24, 2.45) is 17.5 Å². The number of hydrazine groups is 1. The van der Waals surface area contributed by atoms with E-state index in [9.17, 15) is 14.4 Å². The predicted octanol–water partition coefficient (Wildman–Crippen LogP) is -0.281. The first-order valence-electron chi connectivity index (χ1n) is 5.48. The maximum atomic E-state index is 11.7. The SMILES string of the molecule is CCCCCC(=O)C(CC(N)=O)C(=O)N(N)O. The molecule has 0 radical (unpaired) electrons. The Bertz CT molecular complexity index is 291. The largest absolute Gasteiger partial charge is 0.370 e. The molecule has 0 saturated carbocycles. The highest BCUT2D eigenvalue weighted by Crippen LogP contribution is 2.12. The molecular formula is C10H19N3O4. The number of rotatable bonds is 8. The van der Waals surface area contributed by atoms with Gasteiger partial charge in [0.25, 0.3) is 5.91 Å². The third kappa shape index (κ3) is 5.98. The zero-order valence-corrected chi connectivity index (χ0v) is 9.89. The lowest BCUT2D eigenvalue weighted by atomic mass is 9.95. The second kappa shape index (κ2) is 7.75. The van der Waals surface area contributed by atoms with E-state index in [0.29, 0.717) is 6.42 Å². The average molecular weight is 245 g/mol. The fourth-order valence-electron chi connectivity index (χ4n) is 1.42. The van der Waals surface area contributed by atoms with E-state index in [0.717, 1.165) is 12.8 Å². The number of unbranched alkanes of at least 4 members (excludes halogenated alkanes) is 2. The zero-order valence-electron chi connectivity index (χ0n) is 9.89. The predicted molar refractivity (Wildman–Crippen MR) is 59.3 cm³/mol. The number of nitrogens with zero attached hydrogens (tertiary/aromatic N) is 1. The van der Waals surface area contributed by atoms with Crippen LogP contribution in [0.2, 0.25) is 0 Å². The molecule has 0 spiro atoms. The molecule has 7 nitrogen and oxygen atoms in total. The topological polar surface area (TPSA) is 127 Å². The van der Waals surface area contributed by atoms with Crippen LogP contribution in [0.15, 0.2) is 0 Å². The molecular weight excluding hydrogens is 226 g/mol. The molecule has 7 heteroatoms. The number of carbonyl (C=O) groups is 3. The molecule has 0 aromatic rings. The molecule has 0 aliphatic heterocycles. The number of primary amides is 1. The summed E-state index contributed by atoms with van der Waals surface area (Å²) in [5, 5.41) is 8.61. The Morgan fingerprint density at radius 1 is 1.29 bits per heavy atom. The lowest BCUT2D eigenvalue weighted by molar-refractivity contribution is -0.173. The molecule has 0 aromatic heterocycles. The van der Waals surface area contributed by atoms with E-state index in [2.05, 4.69) is 0 Å². The second-order valence-electron chi connectivity index (χ2n) is 3.83. The summed E-state index contributed by atoms with van der Waals surface area (Å²) in [6.45, 7) is 1.98. The Kier molecular flexibility index (Phi) is 7.08. The van der Waals surface area contributed by atoms with Crippen molar-refractivity contribution in [3.8, 4) is 0 Å². The van der Waals surface area contributed by atoms with Crippen LogP contribution < -0.4 is 11.6 Å². The fraction of sp³-hybridized carbons (Fsp3) is 0.700. The normalized spacial score (nSPS) is 11.9. The molecule has 0 saturated heterocycles. The number of ketones is 1. The van der Waals surface area contributed by atoms with E-state index in [1.165, 1.54) is 0 Å². The van der Waals surface area contributed by atoms with Gasteiger partial charge in [0.1, 0.15) is 11.7 Å². The summed E-state index contributed by atoms with van der Waals surface area (Å²) < 4.78 is 0. The molecule has 5 N–H and O–H groups in total. The Hall–Kier alpha value is -1.47. The summed E-state index contributed by atoms with van der Waals surface area (Å²) in [6, 6.07) is 0. The lowest BCUT2D eigenvalue weighted by Gasteiger charge is -2.16. The summed E-state index contributed by atoms with van der Waals surface area (Å²) in [4.78, 5) is 33.8. The smallest absolute Gasteiger partial charge is 0.272 e. The van der Waals surface area contributed by atoms with Crippen molar-refractivity contribution in [2.75, 3.05) is 0 Å². The third-order valence-electron chi connectivity index (χ3n) is 2.34. The van der Waals surface area contributed by atoms with Gasteiger partial charge < -0.3 is 5.73 Å². The minimum absolute atomic E-state index is 0.172. The molecule has 17 heavy (non-hydrogen) atoms. The van der Waals surface area contributed by atoms with Crippen molar-refractivity contribution in [3.63, 3.8) is 0 Å². The molecule has 0 aliphatic rings. The summed E-state index contributed by atoms with van der Waals surface area (Å²) in [5.41, 5.74) is 4.94. The number of nitrogens with two attached hydrogens (primary N) is 2. The number of amides is 2. The van der Waals surface area contributed by atoms with Crippen LogP contribution in [0.1, 0.15) is 39.0 Å². The molecule has 0 heterocycles. The van der Waals surface area contributed by atoms with Crippen LogP contribution in [-0.2, 0) is 14.4 Å². The summed E-state index contributed by atoms with van der Waals surface area (Å²) in [7, 11) is 0. The highest BCUT2D eigenvalue weighted by atomic mass is 16.5. The monoisotopic (exact) mass is 245 g/mol. The van der Waals surface area contributed by atoms with E-state index in [1.807, 2.05) is 6.92 Å². The second-order valence-corrected chi connectivity index (χ2v) is 3.83. The van der Waals surface area contributed by atoms with Gasteiger partial charge in [0.2, 0.25) is 5.91 Å². The molecule has 0 aliphatic carbocycles. The highest BCUT2D eigenvalue weighted by Gasteiger charge is 2.30. The fourth-order valence-corrected chi connectivity index (χ4v) is 1.42. The van der Waals surface area contributed by atoms with Gasteiger partial charge in [0.05, 0.1) is 0 Å². The van der Waals surface area contributed by atoms with Crippen molar-refractivity contribution >= 4 is 17.6 Å². The van der Waals surface area contributed by atoms with Crippen LogP contribution in [0.3, 0.4) is 0 Å². The van der Waals surface area contributed by atoms with Crippen molar-refractivity contribution in [1.29, 1.82) is 0 Å². The van der Waals surface area contributed by atoms with Gasteiger partial charge in [-0.25, -0.2) is 5.84 Å². The molecule has 1 atom stereocenters. The van der Waals surface area contributed by atoms with Gasteiger partial charge in [-0.2, -0.15) is 5.17 Å². The van der Waals surface area contributed by atoms with Crippen molar-refractivity contribution in [1.82, 2.24) is 5.17 Å². The number of hydroxylamine groups is 1. The van der Waals surface area contributed by atoms with Crippen LogP contribution in [-0.4, -0.2) is 28.0 Å². The van der Waals surface area contributed by atoms with Crippen molar-refractivity contribution in [2.45, 2.75) is 39.0 Å². The standard InChI is InChI=1S/C10H19N3O4/c1-2-3-4-5-8(14)7(6-9(11)15)10(16)13(12)17/h7,17H,2-6,12H2,1H3,(H2,11,15). The Morgan fingerprint density at radius 3 is 2.29 bits per heavy atom. The van der Waals surface area contributed by atoms with Crippen LogP contribution >= 0.6 is 0 Å². The maximum absolute atomic E-state index is 11.7. The Balaban J connectivity index is 4.51. The van der Waals surface area contributed by atoms with E-state index < -0.39 is 29.9 Å². The van der Waals surface area contributed by atoms with E-state index in [-0.39, 0.29) is 11.6 Å². The molecule has 0 bridgehead atoms. The molecule has 2 amide bonds.